The fourth-order valence-electron chi connectivity index (χ4n) is 2.57. The summed E-state index contributed by atoms with van der Waals surface area (Å²) < 4.78 is 1.61. The number of H-pyrrole nitrogens is 2. The molecule has 0 fully saturated rings. The van der Waals surface area contributed by atoms with Gasteiger partial charge in [-0.3, -0.25) is 14.5 Å². The predicted molar refractivity (Wildman–Crippen MR) is 86.5 cm³/mol. The molecule has 0 amide bonds. The number of nitrogens with one attached hydrogen (secondary N) is 2. The number of fused-ring (bicyclic) bond motifs is 1. The molecule has 4 rings (SSSR count). The largest absolute Gasteiger partial charge is 0.357 e. The first-order valence-corrected chi connectivity index (χ1v) is 7.10. The van der Waals surface area contributed by atoms with Crippen LogP contribution in [0.5, 0.6) is 0 Å². The topological polar surface area (TPSA) is 66.5 Å². The lowest BCUT2D eigenvalue weighted by Crippen LogP contribution is -2.18. The Kier molecular flexibility index (Phi) is 2.87. The number of hydrogen-bond donors (Lipinski definition) is 2. The Balaban J connectivity index is 2.05. The zero-order valence-electron chi connectivity index (χ0n) is 11.4. The molecule has 5 nitrogen and oxygen atoms in total. The van der Waals surface area contributed by atoms with Crippen LogP contribution in [0.2, 0.25) is 5.02 Å². The van der Waals surface area contributed by atoms with E-state index in [1.54, 1.807) is 35.3 Å². The highest BCUT2D eigenvalue weighted by atomic mass is 35.5. The normalized spacial score (nSPS) is 11.1. The second-order valence-corrected chi connectivity index (χ2v) is 5.38. The third kappa shape index (κ3) is 1.95. The van der Waals surface area contributed by atoms with E-state index in [0.29, 0.717) is 10.5 Å². The Hall–Kier alpha value is -2.79. The summed E-state index contributed by atoms with van der Waals surface area (Å²) in [6.07, 6.45) is 7.13. The van der Waals surface area contributed by atoms with E-state index in [1.807, 2.05) is 24.4 Å². The van der Waals surface area contributed by atoms with Gasteiger partial charge < -0.3 is 4.98 Å². The monoisotopic (exact) mass is 310 g/mol. The van der Waals surface area contributed by atoms with Gasteiger partial charge >= 0.3 is 0 Å². The molecule has 0 radical (unpaired) electrons. The zero-order chi connectivity index (χ0) is 15.1. The average molecular weight is 311 g/mol. The van der Waals surface area contributed by atoms with Crippen LogP contribution in [0.3, 0.4) is 0 Å². The van der Waals surface area contributed by atoms with Crippen molar-refractivity contribution in [2.45, 2.75) is 0 Å². The van der Waals surface area contributed by atoms with Crippen LogP contribution >= 0.6 is 11.6 Å². The van der Waals surface area contributed by atoms with Gasteiger partial charge in [0.05, 0.1) is 6.20 Å². The van der Waals surface area contributed by atoms with Crippen molar-refractivity contribution >= 4 is 22.5 Å². The van der Waals surface area contributed by atoms with Crippen LogP contribution in [0.15, 0.2) is 59.9 Å². The quantitative estimate of drug-likeness (QED) is 0.596. The summed E-state index contributed by atoms with van der Waals surface area (Å²) in [5.74, 6) is 0. The number of benzene rings is 1. The number of halogens is 1. The van der Waals surface area contributed by atoms with Gasteiger partial charge in [-0.25, -0.2) is 0 Å². The smallest absolute Gasteiger partial charge is 0.279 e. The molecule has 0 aliphatic heterocycles. The molecule has 6 heteroatoms. The maximum atomic E-state index is 12.7. The molecule has 3 heterocycles. The molecular weight excluding hydrogens is 300 g/mol. The van der Waals surface area contributed by atoms with Gasteiger partial charge in [0.1, 0.15) is 5.52 Å². The van der Waals surface area contributed by atoms with E-state index < -0.39 is 0 Å². The number of hydrogen-bond acceptors (Lipinski definition) is 2. The lowest BCUT2D eigenvalue weighted by Gasteiger charge is -2.09. The zero-order valence-corrected chi connectivity index (χ0v) is 12.1. The molecular formula is C16H11ClN4O. The molecule has 0 saturated carbocycles. The highest BCUT2D eigenvalue weighted by Crippen LogP contribution is 2.26. The van der Waals surface area contributed by atoms with Crippen LogP contribution in [0.4, 0.5) is 0 Å². The third-order valence-electron chi connectivity index (χ3n) is 3.64. The van der Waals surface area contributed by atoms with Crippen molar-refractivity contribution in [1.29, 1.82) is 0 Å². The molecule has 0 bridgehead atoms. The van der Waals surface area contributed by atoms with Gasteiger partial charge in [0.2, 0.25) is 0 Å². The van der Waals surface area contributed by atoms with Gasteiger partial charge in [0, 0.05) is 45.8 Å². The van der Waals surface area contributed by atoms with Crippen molar-refractivity contribution in [1.82, 2.24) is 19.7 Å². The minimum atomic E-state index is -0.102. The second-order valence-electron chi connectivity index (χ2n) is 4.95. The van der Waals surface area contributed by atoms with E-state index in [9.17, 15) is 4.79 Å². The van der Waals surface area contributed by atoms with E-state index in [1.165, 1.54) is 0 Å². The summed E-state index contributed by atoms with van der Waals surface area (Å²) in [4.78, 5) is 15.7. The molecule has 0 atom stereocenters. The van der Waals surface area contributed by atoms with Crippen molar-refractivity contribution in [3.63, 3.8) is 0 Å². The fraction of sp³-hybridized carbons (Fsp3) is 0. The highest BCUT2D eigenvalue weighted by molar-refractivity contribution is 6.30. The average Bonchev–Trinajstić information content (AvgIpc) is 3.20. The summed E-state index contributed by atoms with van der Waals surface area (Å²) in [6.45, 7) is 0. The molecule has 0 saturated heterocycles. The summed E-state index contributed by atoms with van der Waals surface area (Å²) in [6, 6.07) is 9.06. The van der Waals surface area contributed by atoms with E-state index in [4.69, 9.17) is 11.6 Å². The summed E-state index contributed by atoms with van der Waals surface area (Å²) in [7, 11) is 0. The van der Waals surface area contributed by atoms with Crippen LogP contribution in [0.1, 0.15) is 0 Å². The number of aromatic nitrogens is 4. The van der Waals surface area contributed by atoms with Crippen molar-refractivity contribution in [2.75, 3.05) is 0 Å². The molecule has 4 aromatic rings. The standard InChI is InChI=1S/C16H11ClN4O/c17-11-1-3-12(4-2-11)21-9-14(10-7-19-20-8-10)13-5-6-18-15(13)16(21)22/h1-9,18H,(H,19,20). The van der Waals surface area contributed by atoms with E-state index in [0.717, 1.165) is 22.2 Å². The molecule has 0 spiro atoms. The molecule has 0 unspecified atom stereocenters. The Bertz CT molecular complexity index is 997. The first-order chi connectivity index (χ1) is 10.7. The van der Waals surface area contributed by atoms with Crippen molar-refractivity contribution < 1.29 is 0 Å². The van der Waals surface area contributed by atoms with Gasteiger partial charge in [-0.05, 0) is 30.3 Å². The Labute approximate surface area is 130 Å². The fourth-order valence-corrected chi connectivity index (χ4v) is 2.70. The van der Waals surface area contributed by atoms with E-state index in [2.05, 4.69) is 15.2 Å². The van der Waals surface area contributed by atoms with Gasteiger partial charge in [0.15, 0.2) is 0 Å². The first-order valence-electron chi connectivity index (χ1n) is 6.72. The van der Waals surface area contributed by atoms with Crippen LogP contribution < -0.4 is 5.56 Å². The summed E-state index contributed by atoms with van der Waals surface area (Å²) in [5, 5.41) is 8.29. The number of rotatable bonds is 2. The van der Waals surface area contributed by atoms with E-state index >= 15 is 0 Å². The maximum Gasteiger partial charge on any atom is 0.279 e. The second kappa shape index (κ2) is 4.89. The highest BCUT2D eigenvalue weighted by Gasteiger charge is 2.13. The summed E-state index contributed by atoms with van der Waals surface area (Å²) >= 11 is 5.92. The molecule has 3 aromatic heterocycles. The Morgan fingerprint density at radius 3 is 2.68 bits per heavy atom. The number of nitrogens with zero attached hydrogens (tertiary/aromatic N) is 2. The molecule has 1 aromatic carbocycles. The van der Waals surface area contributed by atoms with E-state index in [-0.39, 0.29) is 5.56 Å². The minimum absolute atomic E-state index is 0.102. The number of aromatic amines is 2. The van der Waals surface area contributed by atoms with Crippen LogP contribution in [-0.4, -0.2) is 19.7 Å². The lowest BCUT2D eigenvalue weighted by atomic mass is 10.1. The first kappa shape index (κ1) is 12.9. The molecule has 22 heavy (non-hydrogen) atoms. The molecule has 2 N–H and O–H groups in total. The van der Waals surface area contributed by atoms with Crippen LogP contribution in [0, 0.1) is 0 Å². The minimum Gasteiger partial charge on any atom is -0.357 e. The van der Waals surface area contributed by atoms with Gasteiger partial charge in [0.25, 0.3) is 5.56 Å². The Morgan fingerprint density at radius 1 is 1.14 bits per heavy atom. The van der Waals surface area contributed by atoms with Gasteiger partial charge in [-0.2, -0.15) is 5.10 Å². The summed E-state index contributed by atoms with van der Waals surface area (Å²) in [5.41, 5.74) is 3.07. The van der Waals surface area contributed by atoms with Crippen LogP contribution in [-0.2, 0) is 0 Å². The van der Waals surface area contributed by atoms with Gasteiger partial charge in [-0.1, -0.05) is 11.6 Å². The van der Waals surface area contributed by atoms with Crippen molar-refractivity contribution in [3.8, 4) is 16.8 Å². The van der Waals surface area contributed by atoms with Gasteiger partial charge in [-0.15, -0.1) is 0 Å². The predicted octanol–water partition coefficient (Wildman–Crippen LogP) is 3.36. The molecule has 0 aliphatic carbocycles. The third-order valence-corrected chi connectivity index (χ3v) is 3.89. The molecule has 108 valence electrons. The lowest BCUT2D eigenvalue weighted by molar-refractivity contribution is 1.01. The van der Waals surface area contributed by atoms with Crippen LogP contribution in [0.25, 0.3) is 27.7 Å². The maximum absolute atomic E-state index is 12.7. The van der Waals surface area contributed by atoms with Crippen molar-refractivity contribution in [2.24, 2.45) is 0 Å². The SMILES string of the molecule is O=c1c2[nH]ccc2c(-c2cn[nH]c2)cn1-c1ccc(Cl)cc1. The number of pyridine rings is 1. The Morgan fingerprint density at radius 2 is 1.95 bits per heavy atom. The molecule has 0 aliphatic rings. The van der Waals surface area contributed by atoms with Crippen molar-refractivity contribution in [3.05, 3.63) is 70.5 Å².